The van der Waals surface area contributed by atoms with Crippen LogP contribution >= 0.6 is 0 Å². The maximum absolute atomic E-state index is 7.00. The predicted molar refractivity (Wildman–Crippen MR) is 80.2 cm³/mol. The molecule has 2 N–H and O–H groups in total. The van der Waals surface area contributed by atoms with Gasteiger partial charge in [-0.1, -0.05) is 0 Å². The van der Waals surface area contributed by atoms with Crippen LogP contribution in [-0.4, -0.2) is 31.3 Å². The molecule has 0 atom stereocenters. The molecular weight excluding hydrogens is 319 g/mol. The van der Waals surface area contributed by atoms with Gasteiger partial charge in [0.05, 0.1) is 0 Å². The third kappa shape index (κ3) is 3.99. The van der Waals surface area contributed by atoms with E-state index in [2.05, 4.69) is 52.6 Å². The molecule has 0 aromatic rings. The molecule has 2 nitrogen and oxygen atoms in total. The zero-order valence-corrected chi connectivity index (χ0v) is 15.9. The van der Waals surface area contributed by atoms with E-state index in [0.29, 0.717) is 0 Å². The predicted octanol–water partition coefficient (Wildman–Crippen LogP) is 2.22. The molecular formula is C14H26O2SiZr. The Hall–Kier alpha value is -0.0200. The van der Waals surface area contributed by atoms with Crippen LogP contribution in [-0.2, 0) is 17.4 Å². The van der Waals surface area contributed by atoms with Crippen LogP contribution in [0.4, 0.5) is 0 Å². The monoisotopic (exact) mass is 344 g/mol. The van der Waals surface area contributed by atoms with E-state index in [1.54, 1.807) is 6.56 Å². The summed E-state index contributed by atoms with van der Waals surface area (Å²) in [6.45, 7) is 2.32. The summed E-state index contributed by atoms with van der Waals surface area (Å²) in [4.78, 5) is 0. The van der Waals surface area contributed by atoms with E-state index >= 15 is 0 Å². The van der Waals surface area contributed by atoms with Crippen LogP contribution in [0.5, 0.6) is 0 Å². The summed E-state index contributed by atoms with van der Waals surface area (Å²) in [7, 11) is 2.00. The van der Waals surface area contributed by atoms with Gasteiger partial charge in [-0.15, -0.1) is 0 Å². The molecule has 0 saturated carbocycles. The van der Waals surface area contributed by atoms with E-state index in [1.807, 2.05) is 0 Å². The van der Waals surface area contributed by atoms with Crippen LogP contribution in [0.25, 0.3) is 0 Å². The van der Waals surface area contributed by atoms with Crippen LogP contribution in [0, 0.1) is 0 Å². The Balaban J connectivity index is 0.000000659. The number of hydrogen-bond donors (Lipinski definition) is 2. The van der Waals surface area contributed by atoms with Gasteiger partial charge in [-0.3, -0.25) is 0 Å². The summed E-state index contributed by atoms with van der Waals surface area (Å²) in [6, 6.07) is 0. The first-order valence-electron chi connectivity index (χ1n) is 6.18. The molecule has 0 spiro atoms. The molecule has 0 unspecified atom stereocenters. The van der Waals surface area contributed by atoms with E-state index in [-0.39, 0.29) is 0 Å². The number of rotatable bonds is 2. The van der Waals surface area contributed by atoms with Crippen LogP contribution < -0.4 is 0 Å². The summed E-state index contributed by atoms with van der Waals surface area (Å²) in [5, 5.41) is 14.0. The number of allylic oxidation sites excluding steroid dienone is 8. The standard InChI is InChI=1S/2C5H5.2CH4O.2CH3.H2Si.Zr/c2*1-2-4-5-3-1;2*1-2;;;;/h2*1-3H,4H2;2*2H,1H3;2*1H3;1H2;. The zero-order chi connectivity index (χ0) is 14.3. The van der Waals surface area contributed by atoms with E-state index in [9.17, 15) is 0 Å². The minimum atomic E-state index is -2.62. The summed E-state index contributed by atoms with van der Waals surface area (Å²) in [5.74, 6) is 0. The van der Waals surface area contributed by atoms with Gasteiger partial charge >= 0.3 is 89.4 Å². The summed E-state index contributed by atoms with van der Waals surface area (Å²) >= 11 is -2.62. The molecule has 0 aromatic carbocycles. The number of hydrogen-bond acceptors (Lipinski definition) is 2. The molecule has 0 radical (unpaired) electrons. The van der Waals surface area contributed by atoms with Crippen LogP contribution in [0.2, 0.25) is 9.26 Å². The second-order valence-corrected chi connectivity index (χ2v) is 34.2. The molecule has 0 amide bonds. The van der Waals surface area contributed by atoms with Gasteiger partial charge in [0, 0.05) is 14.2 Å². The average molecular weight is 346 g/mol. The molecule has 4 heteroatoms. The van der Waals surface area contributed by atoms with E-state index in [4.69, 9.17) is 10.2 Å². The quantitative estimate of drug-likeness (QED) is 0.754. The Labute approximate surface area is 113 Å². The van der Waals surface area contributed by atoms with Gasteiger partial charge in [-0.05, 0) is 0 Å². The van der Waals surface area contributed by atoms with Crippen molar-refractivity contribution in [2.24, 2.45) is 0 Å². The molecule has 0 bridgehead atoms. The summed E-state index contributed by atoms with van der Waals surface area (Å²) < 4.78 is 8.63. The van der Waals surface area contributed by atoms with Crippen molar-refractivity contribution in [2.75, 3.05) is 14.2 Å². The van der Waals surface area contributed by atoms with E-state index in [0.717, 1.165) is 14.2 Å². The number of aliphatic hydroxyl groups is 2. The minimum absolute atomic E-state index is 1.00. The molecule has 2 rings (SSSR count). The van der Waals surface area contributed by atoms with Crippen molar-refractivity contribution in [2.45, 2.75) is 22.1 Å². The zero-order valence-electron chi connectivity index (χ0n) is 12.0. The molecule has 2 aliphatic carbocycles. The molecule has 0 saturated heterocycles. The summed E-state index contributed by atoms with van der Waals surface area (Å²) in [6.07, 6.45) is 16.2. The third-order valence-electron chi connectivity index (χ3n) is 3.60. The Morgan fingerprint density at radius 2 is 1.22 bits per heavy atom. The Bertz CT molecular complexity index is 414. The Kier molecular flexibility index (Phi) is 7.53. The van der Waals surface area contributed by atoms with Gasteiger partial charge in [-0.2, -0.15) is 0 Å². The number of aliphatic hydroxyl groups excluding tert-OH is 2. The van der Waals surface area contributed by atoms with Crippen molar-refractivity contribution in [3.05, 3.63) is 43.0 Å². The average Bonchev–Trinajstić information content (AvgIpc) is 3.07. The van der Waals surface area contributed by atoms with Crippen molar-refractivity contribution in [3.8, 4) is 0 Å². The van der Waals surface area contributed by atoms with Crippen LogP contribution in [0.1, 0.15) is 12.8 Å². The van der Waals surface area contributed by atoms with Crippen molar-refractivity contribution < 1.29 is 27.6 Å². The fourth-order valence-corrected chi connectivity index (χ4v) is 13.3. The second-order valence-electron chi connectivity index (χ2n) is 5.33. The molecule has 102 valence electrons. The van der Waals surface area contributed by atoms with Gasteiger partial charge in [0.15, 0.2) is 0 Å². The summed E-state index contributed by atoms with van der Waals surface area (Å²) in [5.41, 5.74) is 0. The maximum atomic E-state index is 7.00. The van der Waals surface area contributed by atoms with Gasteiger partial charge < -0.3 is 10.2 Å². The Morgan fingerprint density at radius 3 is 1.44 bits per heavy atom. The first-order valence-corrected chi connectivity index (χ1v) is 19.5. The first kappa shape index (κ1) is 18.0. The van der Waals surface area contributed by atoms with Crippen LogP contribution in [0.15, 0.2) is 43.0 Å². The van der Waals surface area contributed by atoms with Crippen molar-refractivity contribution in [3.63, 3.8) is 0 Å². The molecule has 18 heavy (non-hydrogen) atoms. The molecule has 0 aliphatic heterocycles. The van der Waals surface area contributed by atoms with Crippen molar-refractivity contribution in [1.29, 1.82) is 0 Å². The molecule has 0 fully saturated rings. The molecule has 0 aromatic heterocycles. The topological polar surface area (TPSA) is 40.5 Å². The Morgan fingerprint density at radius 1 is 0.889 bits per heavy atom. The SMILES string of the molecule is CO.CO.[CH3][Zr]([CH3])(=[SiH2])([C]1=CC=CC1)[C]1=CC=CC1. The fourth-order valence-electron chi connectivity index (χ4n) is 2.29. The fraction of sp³-hybridized carbons (Fsp3) is 0.429. The van der Waals surface area contributed by atoms with Crippen molar-refractivity contribution >= 4 is 6.88 Å². The molecule has 2 aliphatic rings. The normalized spacial score (nSPS) is 17.3. The van der Waals surface area contributed by atoms with E-state index < -0.39 is 17.4 Å². The molecule has 0 heterocycles. The van der Waals surface area contributed by atoms with Crippen molar-refractivity contribution in [1.82, 2.24) is 0 Å². The second kappa shape index (κ2) is 7.54. The van der Waals surface area contributed by atoms with Gasteiger partial charge in [0.2, 0.25) is 0 Å². The van der Waals surface area contributed by atoms with Gasteiger partial charge in [0.1, 0.15) is 0 Å². The first-order chi connectivity index (χ1) is 8.49. The van der Waals surface area contributed by atoms with E-state index in [1.165, 1.54) is 12.8 Å². The van der Waals surface area contributed by atoms with Crippen LogP contribution in [0.3, 0.4) is 0 Å². The van der Waals surface area contributed by atoms with Gasteiger partial charge in [-0.25, -0.2) is 0 Å². The van der Waals surface area contributed by atoms with Gasteiger partial charge in [0.25, 0.3) is 0 Å². The third-order valence-corrected chi connectivity index (χ3v) is 20.9.